The quantitative estimate of drug-likeness (QED) is 0.254. The molecular formula is CH18O7Si7. The number of hydrogen-bond acceptors (Lipinski definition) is 7. The highest BCUT2D eigenvalue weighted by atomic mass is 30.2. The largest absolute Gasteiger partial charge is 0.441 e. The van der Waals surface area contributed by atoms with Crippen LogP contribution >= 0.6 is 0 Å². The SMILES string of the molecule is C[SiH](O)[Si](O[SiH2]O)([SiH2]O)[Si](O)([SiH2]O)[SiH2]O. The van der Waals surface area contributed by atoms with Crippen molar-refractivity contribution in [3.8, 4) is 0 Å². The molecule has 0 aliphatic heterocycles. The molecule has 0 spiro atoms. The van der Waals surface area contributed by atoms with Crippen LogP contribution in [0.3, 0.4) is 0 Å². The molecule has 14 heteroatoms. The van der Waals surface area contributed by atoms with Crippen LogP contribution in [0.4, 0.5) is 0 Å². The van der Waals surface area contributed by atoms with Gasteiger partial charge in [-0.15, -0.1) is 0 Å². The van der Waals surface area contributed by atoms with Crippen molar-refractivity contribution >= 4 is 60.1 Å². The first-order valence-corrected chi connectivity index (χ1v) is 22.8. The van der Waals surface area contributed by atoms with Crippen LogP contribution in [0.2, 0.25) is 6.55 Å². The molecule has 0 saturated heterocycles. The second kappa shape index (κ2) is 6.85. The molecule has 0 aromatic carbocycles. The minimum atomic E-state index is -3.26. The fraction of sp³-hybridized carbons (Fsp3) is 1.00. The Balaban J connectivity index is 5.20. The molecule has 0 radical (unpaired) electrons. The normalized spacial score (nSPS) is 25.0. The summed E-state index contributed by atoms with van der Waals surface area (Å²) >= 11 is 0. The van der Waals surface area contributed by atoms with E-state index < -0.39 is 60.1 Å². The van der Waals surface area contributed by atoms with Gasteiger partial charge in [-0.3, -0.25) is 0 Å². The highest BCUT2D eigenvalue weighted by molar-refractivity contribution is 7.92. The van der Waals surface area contributed by atoms with Crippen molar-refractivity contribution in [2.75, 3.05) is 0 Å². The second-order valence-corrected chi connectivity index (χ2v) is 48.1. The van der Waals surface area contributed by atoms with E-state index in [9.17, 15) is 24.0 Å². The molecule has 0 saturated carbocycles. The molecule has 2 atom stereocenters. The summed E-state index contributed by atoms with van der Waals surface area (Å²) < 4.78 is 5.21. The van der Waals surface area contributed by atoms with Gasteiger partial charge in [-0.2, -0.15) is 0 Å². The Morgan fingerprint density at radius 2 is 1.53 bits per heavy atom. The van der Waals surface area contributed by atoms with Gasteiger partial charge in [0.15, 0.2) is 36.4 Å². The van der Waals surface area contributed by atoms with Crippen LogP contribution in [-0.2, 0) is 4.12 Å². The van der Waals surface area contributed by atoms with Crippen molar-refractivity contribution in [3.63, 3.8) is 0 Å². The second-order valence-electron chi connectivity index (χ2n) is 3.34. The summed E-state index contributed by atoms with van der Waals surface area (Å²) in [6.45, 7) is -4.81. The van der Waals surface area contributed by atoms with Crippen LogP contribution in [0, 0.1) is 0 Å². The van der Waals surface area contributed by atoms with Crippen LogP contribution < -0.4 is 0 Å². The standard InChI is InChI=1S/CH18O7Si7/c1-13(6)15(12-5,8-9-2)14(7,10-3)11-4/h2-7,13H,9-12H2,1H3. The van der Waals surface area contributed by atoms with Gasteiger partial charge in [0.1, 0.15) is 0 Å². The maximum Gasteiger partial charge on any atom is 0.291 e. The van der Waals surface area contributed by atoms with Gasteiger partial charge >= 0.3 is 0 Å². The van der Waals surface area contributed by atoms with Crippen LogP contribution in [-0.4, -0.2) is 88.9 Å². The summed E-state index contributed by atoms with van der Waals surface area (Å²) in [4.78, 5) is 56.8. The highest BCUT2D eigenvalue weighted by Gasteiger charge is 2.61. The van der Waals surface area contributed by atoms with Gasteiger partial charge in [-0.25, -0.2) is 0 Å². The van der Waals surface area contributed by atoms with Crippen molar-refractivity contribution in [1.29, 1.82) is 0 Å². The van der Waals surface area contributed by atoms with Gasteiger partial charge in [0.2, 0.25) is 13.7 Å². The fourth-order valence-electron chi connectivity index (χ4n) is 1.40. The highest BCUT2D eigenvalue weighted by Crippen LogP contribution is 2.15. The van der Waals surface area contributed by atoms with Crippen LogP contribution in [0.5, 0.6) is 0 Å². The van der Waals surface area contributed by atoms with E-state index in [1.54, 1.807) is 0 Å². The Hall–Kier alpha value is 1.24. The Morgan fingerprint density at radius 1 is 1.07 bits per heavy atom. The summed E-state index contributed by atoms with van der Waals surface area (Å²) in [7, 11) is -9.75. The van der Waals surface area contributed by atoms with E-state index in [0.717, 1.165) is 0 Å². The lowest BCUT2D eigenvalue weighted by atomic mass is 11.9. The topological polar surface area (TPSA) is 131 Å². The van der Waals surface area contributed by atoms with Crippen LogP contribution in [0.25, 0.3) is 0 Å². The lowest BCUT2D eigenvalue weighted by Crippen LogP contribution is -2.82. The van der Waals surface area contributed by atoms with Gasteiger partial charge in [0.25, 0.3) is 10.0 Å². The van der Waals surface area contributed by atoms with Crippen molar-refractivity contribution in [2.45, 2.75) is 6.55 Å². The molecule has 0 heterocycles. The van der Waals surface area contributed by atoms with E-state index in [-0.39, 0.29) is 0 Å². The monoisotopic (exact) mass is 338 g/mol. The maximum absolute atomic E-state index is 10.2. The molecule has 0 fully saturated rings. The minimum absolute atomic E-state index is 1.53. The zero-order chi connectivity index (χ0) is 12.1. The molecule has 15 heavy (non-hydrogen) atoms. The van der Waals surface area contributed by atoms with E-state index in [2.05, 4.69) is 0 Å². The Kier molecular flexibility index (Phi) is 7.41. The summed E-state index contributed by atoms with van der Waals surface area (Å²) in [6, 6.07) is 0. The third-order valence-corrected chi connectivity index (χ3v) is 84.4. The lowest BCUT2D eigenvalue weighted by Gasteiger charge is -2.40. The van der Waals surface area contributed by atoms with Crippen molar-refractivity contribution < 1.29 is 32.9 Å². The number of rotatable bonds is 7. The molecule has 0 aliphatic rings. The smallest absolute Gasteiger partial charge is 0.291 e. The summed E-state index contributed by atoms with van der Waals surface area (Å²) in [6.07, 6.45) is 0. The molecule has 0 amide bonds. The first-order chi connectivity index (χ1) is 6.94. The van der Waals surface area contributed by atoms with Gasteiger partial charge in [-0.05, 0) is 6.55 Å². The van der Waals surface area contributed by atoms with Gasteiger partial charge in [0, 0.05) is 0 Å². The first kappa shape index (κ1) is 16.2. The molecule has 0 bridgehead atoms. The van der Waals surface area contributed by atoms with E-state index in [1.807, 2.05) is 0 Å². The Labute approximate surface area is 99.6 Å². The predicted octanol–water partition coefficient (Wildman–Crippen LogP) is -7.90. The van der Waals surface area contributed by atoms with Crippen LogP contribution in [0.15, 0.2) is 0 Å². The predicted molar refractivity (Wildman–Crippen MR) is 73.1 cm³/mol. The summed E-state index contributed by atoms with van der Waals surface area (Å²) in [5.74, 6) is 0. The van der Waals surface area contributed by atoms with E-state index in [1.165, 1.54) is 6.55 Å². The summed E-state index contributed by atoms with van der Waals surface area (Å²) in [5, 5.41) is 0. The van der Waals surface area contributed by atoms with Gasteiger partial charge < -0.3 is 32.9 Å². The zero-order valence-corrected chi connectivity index (χ0v) is 17.3. The van der Waals surface area contributed by atoms with Crippen molar-refractivity contribution in [1.82, 2.24) is 0 Å². The Morgan fingerprint density at radius 3 is 1.73 bits per heavy atom. The van der Waals surface area contributed by atoms with Gasteiger partial charge in [-0.1, -0.05) is 0 Å². The molecule has 0 aromatic heterocycles. The van der Waals surface area contributed by atoms with Crippen molar-refractivity contribution in [2.24, 2.45) is 0 Å². The minimum Gasteiger partial charge on any atom is -0.441 e. The van der Waals surface area contributed by atoms with Crippen molar-refractivity contribution in [3.05, 3.63) is 0 Å². The van der Waals surface area contributed by atoms with E-state index in [4.69, 9.17) is 8.91 Å². The molecule has 2 unspecified atom stereocenters. The van der Waals surface area contributed by atoms with E-state index >= 15 is 0 Å². The Bertz CT molecular complexity index is 184. The molecule has 7 nitrogen and oxygen atoms in total. The maximum atomic E-state index is 10.2. The average molecular weight is 339 g/mol. The molecule has 6 N–H and O–H groups in total. The molecule has 0 aromatic rings. The fourth-order valence-corrected chi connectivity index (χ4v) is 76.3. The third-order valence-electron chi connectivity index (χ3n) is 2.54. The van der Waals surface area contributed by atoms with Crippen LogP contribution in [0.1, 0.15) is 0 Å². The first-order valence-electron chi connectivity index (χ1n) is 4.42. The van der Waals surface area contributed by atoms with E-state index in [0.29, 0.717) is 0 Å². The summed E-state index contributed by atoms with van der Waals surface area (Å²) in [5.41, 5.74) is 0. The molecular weight excluding hydrogens is 321 g/mol. The number of hydrogen-bond donors (Lipinski definition) is 6. The third kappa shape index (κ3) is 3.12. The lowest BCUT2D eigenvalue weighted by molar-refractivity contribution is 0.450. The van der Waals surface area contributed by atoms with Gasteiger partial charge in [0.05, 0.1) is 0 Å². The average Bonchev–Trinajstić information content (AvgIpc) is 2.24. The molecule has 0 rings (SSSR count). The molecule has 0 aliphatic carbocycles. The molecule has 92 valence electrons. The zero-order valence-electron chi connectivity index (χ0n) is 8.50.